The smallest absolute Gasteiger partial charge is 0.360 e. The first-order valence-electron chi connectivity index (χ1n) is 7.75. The lowest BCUT2D eigenvalue weighted by molar-refractivity contribution is -0.384. The fourth-order valence-electron chi connectivity index (χ4n) is 2.42. The van der Waals surface area contributed by atoms with Crippen LogP contribution in [0.4, 0.5) is 17.1 Å². The normalized spacial score (nSPS) is 10.4. The van der Waals surface area contributed by atoms with Gasteiger partial charge in [0.2, 0.25) is 5.91 Å². The van der Waals surface area contributed by atoms with Gasteiger partial charge in [-0.2, -0.15) is 0 Å². The lowest BCUT2D eigenvalue weighted by Gasteiger charge is -2.07. The molecule has 136 valence electrons. The Bertz CT molecular complexity index is 1120. The van der Waals surface area contributed by atoms with Crippen LogP contribution in [0.3, 0.4) is 0 Å². The Morgan fingerprint density at radius 1 is 1.04 bits per heavy atom. The third-order valence-electron chi connectivity index (χ3n) is 3.64. The number of nitro groups is 1. The fourth-order valence-corrected chi connectivity index (χ4v) is 2.42. The van der Waals surface area contributed by atoms with Gasteiger partial charge in [-0.3, -0.25) is 19.7 Å². The largest absolute Gasteiger partial charge is 0.421 e. The molecule has 0 aliphatic heterocycles. The predicted octanol–water partition coefficient (Wildman–Crippen LogP) is 2.91. The summed E-state index contributed by atoms with van der Waals surface area (Å²) in [6.45, 7) is 1.27. The molecule has 0 bridgehead atoms. The van der Waals surface area contributed by atoms with Crippen LogP contribution in [0.5, 0.6) is 0 Å². The summed E-state index contributed by atoms with van der Waals surface area (Å²) >= 11 is 0. The number of nitro benzene ring substituents is 1. The molecule has 2 amide bonds. The van der Waals surface area contributed by atoms with Gasteiger partial charge in [0.1, 0.15) is 11.3 Å². The Kier molecular flexibility index (Phi) is 4.67. The number of carbonyl (C=O) groups excluding carboxylic acids is 2. The van der Waals surface area contributed by atoms with Gasteiger partial charge in [-0.05, 0) is 36.4 Å². The van der Waals surface area contributed by atoms with Crippen molar-refractivity contribution in [3.8, 4) is 0 Å². The third-order valence-corrected chi connectivity index (χ3v) is 3.64. The van der Waals surface area contributed by atoms with Crippen LogP contribution in [0.15, 0.2) is 57.7 Å². The van der Waals surface area contributed by atoms with Crippen LogP contribution in [-0.4, -0.2) is 16.7 Å². The maximum atomic E-state index is 12.3. The van der Waals surface area contributed by atoms with E-state index >= 15 is 0 Å². The first kappa shape index (κ1) is 17.8. The van der Waals surface area contributed by atoms with Crippen LogP contribution in [0.2, 0.25) is 0 Å². The highest BCUT2D eigenvalue weighted by atomic mass is 16.6. The van der Waals surface area contributed by atoms with Crippen LogP contribution in [-0.2, 0) is 4.79 Å². The highest BCUT2D eigenvalue weighted by Gasteiger charge is 2.11. The molecule has 1 heterocycles. The van der Waals surface area contributed by atoms with Gasteiger partial charge >= 0.3 is 5.63 Å². The summed E-state index contributed by atoms with van der Waals surface area (Å²) in [7, 11) is 0. The standard InChI is InChI=1S/C18H13N3O6/c1-10(22)19-15-9-12-8-13(4-7-16(12)27-18(15)24)20-17(23)11-2-5-14(6-3-11)21(25)26/h2-9H,1H3,(H,19,22)(H,20,23). The number of nitrogens with zero attached hydrogens (tertiary/aromatic N) is 1. The predicted molar refractivity (Wildman–Crippen MR) is 97.8 cm³/mol. The van der Waals surface area contributed by atoms with E-state index in [1.165, 1.54) is 43.3 Å². The Morgan fingerprint density at radius 3 is 2.37 bits per heavy atom. The summed E-state index contributed by atoms with van der Waals surface area (Å²) < 4.78 is 5.13. The van der Waals surface area contributed by atoms with Gasteiger partial charge in [0.15, 0.2) is 0 Å². The summed E-state index contributed by atoms with van der Waals surface area (Å²) in [5, 5.41) is 16.2. The molecule has 0 fully saturated rings. The average Bonchev–Trinajstić information content (AvgIpc) is 2.62. The van der Waals surface area contributed by atoms with Gasteiger partial charge in [-0.25, -0.2) is 4.79 Å². The SMILES string of the molecule is CC(=O)Nc1cc2cc(NC(=O)c3ccc([N+](=O)[O-])cc3)ccc2oc1=O. The van der Waals surface area contributed by atoms with Gasteiger partial charge < -0.3 is 15.1 Å². The lowest BCUT2D eigenvalue weighted by Crippen LogP contribution is -2.14. The Balaban J connectivity index is 1.86. The average molecular weight is 367 g/mol. The van der Waals surface area contributed by atoms with Crippen molar-refractivity contribution in [2.75, 3.05) is 10.6 Å². The molecule has 0 radical (unpaired) electrons. The van der Waals surface area contributed by atoms with Crippen molar-refractivity contribution in [1.29, 1.82) is 0 Å². The molecule has 3 rings (SSSR count). The Morgan fingerprint density at radius 2 is 1.74 bits per heavy atom. The Labute approximate surface area is 151 Å². The molecule has 0 unspecified atom stereocenters. The van der Waals surface area contributed by atoms with E-state index in [4.69, 9.17) is 4.42 Å². The number of carbonyl (C=O) groups is 2. The van der Waals surface area contributed by atoms with Crippen molar-refractivity contribution in [3.63, 3.8) is 0 Å². The second-order valence-corrected chi connectivity index (χ2v) is 5.64. The number of benzene rings is 2. The van der Waals surface area contributed by atoms with Crippen LogP contribution in [0, 0.1) is 10.1 Å². The van der Waals surface area contributed by atoms with Crippen LogP contribution >= 0.6 is 0 Å². The first-order valence-corrected chi connectivity index (χ1v) is 7.75. The monoisotopic (exact) mass is 367 g/mol. The zero-order valence-electron chi connectivity index (χ0n) is 14.0. The molecule has 0 aliphatic carbocycles. The van der Waals surface area contributed by atoms with Gasteiger partial charge in [0.25, 0.3) is 11.6 Å². The number of hydrogen-bond acceptors (Lipinski definition) is 6. The number of non-ortho nitro benzene ring substituents is 1. The molecule has 0 spiro atoms. The molecular formula is C18H13N3O6. The molecule has 1 aromatic heterocycles. The zero-order chi connectivity index (χ0) is 19.6. The zero-order valence-corrected chi connectivity index (χ0v) is 14.0. The molecule has 2 aromatic carbocycles. The van der Waals surface area contributed by atoms with E-state index in [0.29, 0.717) is 16.7 Å². The van der Waals surface area contributed by atoms with Crippen molar-refractivity contribution in [2.24, 2.45) is 0 Å². The number of nitrogens with one attached hydrogen (secondary N) is 2. The van der Waals surface area contributed by atoms with Crippen LogP contribution < -0.4 is 16.3 Å². The third kappa shape index (κ3) is 3.98. The summed E-state index contributed by atoms with van der Waals surface area (Å²) in [5.41, 5.74) is 0.169. The molecule has 3 aromatic rings. The van der Waals surface area contributed by atoms with Crippen molar-refractivity contribution in [2.45, 2.75) is 6.92 Å². The van der Waals surface area contributed by atoms with Crippen LogP contribution in [0.25, 0.3) is 11.0 Å². The lowest BCUT2D eigenvalue weighted by atomic mass is 10.1. The van der Waals surface area contributed by atoms with Gasteiger partial charge in [-0.15, -0.1) is 0 Å². The highest BCUT2D eigenvalue weighted by Crippen LogP contribution is 2.21. The number of hydrogen-bond donors (Lipinski definition) is 2. The molecule has 0 saturated carbocycles. The maximum absolute atomic E-state index is 12.3. The van der Waals surface area contributed by atoms with E-state index in [2.05, 4.69) is 10.6 Å². The van der Waals surface area contributed by atoms with Crippen LogP contribution in [0.1, 0.15) is 17.3 Å². The van der Waals surface area contributed by atoms with Crippen molar-refractivity contribution in [1.82, 2.24) is 0 Å². The molecule has 0 aliphatic rings. The topological polar surface area (TPSA) is 132 Å². The quantitative estimate of drug-likeness (QED) is 0.414. The number of rotatable bonds is 4. The minimum atomic E-state index is -0.680. The fraction of sp³-hybridized carbons (Fsp3) is 0.0556. The molecule has 0 atom stereocenters. The van der Waals surface area contributed by atoms with E-state index in [1.807, 2.05) is 0 Å². The molecule has 0 saturated heterocycles. The van der Waals surface area contributed by atoms with Gasteiger partial charge in [0.05, 0.1) is 4.92 Å². The Hall–Kier alpha value is -4.01. The molecule has 9 nitrogen and oxygen atoms in total. The minimum absolute atomic E-state index is 0.00570. The van der Waals surface area contributed by atoms with E-state index in [0.717, 1.165) is 0 Å². The summed E-state index contributed by atoms with van der Waals surface area (Å²) in [4.78, 5) is 45.3. The first-order chi connectivity index (χ1) is 12.8. The van der Waals surface area contributed by atoms with Gasteiger partial charge in [0, 0.05) is 35.7 Å². The summed E-state index contributed by atoms with van der Waals surface area (Å²) in [6, 6.07) is 11.3. The minimum Gasteiger partial charge on any atom is -0.421 e. The number of fused-ring (bicyclic) bond motifs is 1. The van der Waals surface area contributed by atoms with E-state index in [1.54, 1.807) is 12.1 Å². The maximum Gasteiger partial charge on any atom is 0.360 e. The molecule has 9 heteroatoms. The number of amides is 2. The molecule has 2 N–H and O–H groups in total. The summed E-state index contributed by atoms with van der Waals surface area (Å²) in [5.74, 6) is -0.868. The van der Waals surface area contributed by atoms with Crippen molar-refractivity contribution in [3.05, 3.63) is 74.6 Å². The second-order valence-electron chi connectivity index (χ2n) is 5.64. The van der Waals surface area contributed by atoms with Gasteiger partial charge in [-0.1, -0.05) is 0 Å². The molecular weight excluding hydrogens is 354 g/mol. The highest BCUT2D eigenvalue weighted by molar-refractivity contribution is 6.05. The van der Waals surface area contributed by atoms with Crippen molar-refractivity contribution >= 4 is 39.8 Å². The van der Waals surface area contributed by atoms with E-state index < -0.39 is 22.4 Å². The van der Waals surface area contributed by atoms with Crippen molar-refractivity contribution < 1.29 is 18.9 Å². The van der Waals surface area contributed by atoms with E-state index in [9.17, 15) is 24.5 Å². The molecule has 27 heavy (non-hydrogen) atoms. The second kappa shape index (κ2) is 7.08. The summed E-state index contributed by atoms with van der Waals surface area (Å²) in [6.07, 6.45) is 0. The number of anilines is 2. The van der Waals surface area contributed by atoms with E-state index in [-0.39, 0.29) is 16.9 Å².